The van der Waals surface area contributed by atoms with Crippen LogP contribution in [0.4, 0.5) is 5.82 Å². The highest BCUT2D eigenvalue weighted by Gasteiger charge is 2.07. The summed E-state index contributed by atoms with van der Waals surface area (Å²) in [5.74, 6) is 0.340. The fraction of sp³-hybridized carbons (Fsp3) is 0.273. The second-order valence-corrected chi connectivity index (χ2v) is 3.42. The van der Waals surface area contributed by atoms with Crippen LogP contribution in [0.5, 0.6) is 0 Å². The number of aliphatic imine (C=N–C) groups is 1. The molecule has 5 heteroatoms. The molecular formula is C11H11N5. The van der Waals surface area contributed by atoms with Crippen molar-refractivity contribution in [2.75, 3.05) is 14.1 Å². The molecule has 0 aliphatic heterocycles. The van der Waals surface area contributed by atoms with Gasteiger partial charge in [-0.1, -0.05) is 0 Å². The van der Waals surface area contributed by atoms with E-state index in [1.54, 1.807) is 18.2 Å². The summed E-state index contributed by atoms with van der Waals surface area (Å²) in [6.07, 6.45) is 1.56. The lowest BCUT2D eigenvalue weighted by atomic mass is 10.1. The smallest absolute Gasteiger partial charge is 0.171 e. The average Bonchev–Trinajstić information content (AvgIpc) is 2.26. The zero-order valence-electron chi connectivity index (χ0n) is 9.39. The summed E-state index contributed by atoms with van der Waals surface area (Å²) >= 11 is 0. The normalized spacial score (nSPS) is 9.81. The molecule has 0 fully saturated rings. The van der Waals surface area contributed by atoms with Crippen molar-refractivity contribution in [3.8, 4) is 12.1 Å². The fourth-order valence-corrected chi connectivity index (χ4v) is 1.06. The summed E-state index contributed by atoms with van der Waals surface area (Å²) in [4.78, 5) is 9.93. The molecule has 0 atom stereocenters. The first-order valence-electron chi connectivity index (χ1n) is 4.61. The molecule has 0 unspecified atom stereocenters. The number of pyridine rings is 1. The quantitative estimate of drug-likeness (QED) is 0.549. The number of hydrogen-bond donors (Lipinski definition) is 0. The molecule has 0 radical (unpaired) electrons. The molecule has 0 amide bonds. The van der Waals surface area contributed by atoms with Gasteiger partial charge in [0.05, 0.1) is 23.2 Å². The van der Waals surface area contributed by atoms with Gasteiger partial charge in [0.15, 0.2) is 5.82 Å². The molecule has 0 aliphatic carbocycles. The zero-order chi connectivity index (χ0) is 12.1. The molecule has 0 spiro atoms. The molecule has 0 aliphatic rings. The first-order chi connectivity index (χ1) is 7.58. The van der Waals surface area contributed by atoms with Gasteiger partial charge >= 0.3 is 0 Å². The van der Waals surface area contributed by atoms with Crippen molar-refractivity contribution in [2.45, 2.75) is 6.92 Å². The fourth-order valence-electron chi connectivity index (χ4n) is 1.06. The summed E-state index contributed by atoms with van der Waals surface area (Å²) in [5.41, 5.74) is 1.29. The molecule has 0 N–H and O–H groups in total. The van der Waals surface area contributed by atoms with Crippen LogP contribution in [0.2, 0.25) is 0 Å². The highest BCUT2D eigenvalue weighted by atomic mass is 15.1. The van der Waals surface area contributed by atoms with Crippen LogP contribution in [0.25, 0.3) is 0 Å². The van der Waals surface area contributed by atoms with Crippen LogP contribution < -0.4 is 0 Å². The van der Waals surface area contributed by atoms with E-state index >= 15 is 0 Å². The van der Waals surface area contributed by atoms with Gasteiger partial charge in [0.2, 0.25) is 0 Å². The summed E-state index contributed by atoms with van der Waals surface area (Å²) in [7, 11) is 3.65. The Labute approximate surface area is 94.3 Å². The molecule has 1 aromatic rings. The minimum Gasteiger partial charge on any atom is -0.369 e. The molecule has 1 heterocycles. The van der Waals surface area contributed by atoms with E-state index in [9.17, 15) is 0 Å². The maximum atomic E-state index is 8.91. The van der Waals surface area contributed by atoms with Crippen molar-refractivity contribution in [1.82, 2.24) is 9.88 Å². The van der Waals surface area contributed by atoms with Crippen molar-refractivity contribution in [3.63, 3.8) is 0 Å². The third-order valence-electron chi connectivity index (χ3n) is 1.84. The van der Waals surface area contributed by atoms with E-state index in [1.807, 2.05) is 26.2 Å². The predicted molar refractivity (Wildman–Crippen MR) is 60.2 cm³/mol. The SMILES string of the molecule is Cc1nc(/N=C\N(C)C)c(C#N)cc1C#N. The minimum atomic E-state index is 0.306. The van der Waals surface area contributed by atoms with Gasteiger partial charge in [-0.2, -0.15) is 10.5 Å². The lowest BCUT2D eigenvalue weighted by Crippen LogP contribution is -2.07. The lowest BCUT2D eigenvalue weighted by Gasteiger charge is -2.04. The van der Waals surface area contributed by atoms with Crippen LogP contribution in [0.3, 0.4) is 0 Å². The first-order valence-corrected chi connectivity index (χ1v) is 4.61. The average molecular weight is 213 g/mol. The topological polar surface area (TPSA) is 76.1 Å². The van der Waals surface area contributed by atoms with E-state index in [4.69, 9.17) is 10.5 Å². The van der Waals surface area contributed by atoms with Gasteiger partial charge in [0.1, 0.15) is 12.1 Å². The summed E-state index contributed by atoms with van der Waals surface area (Å²) in [6.45, 7) is 1.72. The number of hydrogen-bond acceptors (Lipinski definition) is 4. The number of rotatable bonds is 2. The van der Waals surface area contributed by atoms with E-state index in [0.29, 0.717) is 22.6 Å². The monoisotopic (exact) mass is 213 g/mol. The van der Waals surface area contributed by atoms with Crippen LogP contribution >= 0.6 is 0 Å². The Morgan fingerprint density at radius 1 is 1.31 bits per heavy atom. The molecule has 0 aromatic carbocycles. The molecule has 1 rings (SSSR count). The van der Waals surface area contributed by atoms with Crippen molar-refractivity contribution in [3.05, 3.63) is 22.9 Å². The maximum absolute atomic E-state index is 8.91. The van der Waals surface area contributed by atoms with E-state index in [-0.39, 0.29) is 0 Å². The van der Waals surface area contributed by atoms with Crippen molar-refractivity contribution >= 4 is 12.2 Å². The molecule has 80 valence electrons. The van der Waals surface area contributed by atoms with Crippen LogP contribution in [-0.2, 0) is 0 Å². The van der Waals surface area contributed by atoms with E-state index in [1.165, 1.54) is 6.07 Å². The first kappa shape index (κ1) is 11.7. The highest BCUT2D eigenvalue weighted by Crippen LogP contribution is 2.18. The molecular weight excluding hydrogens is 202 g/mol. The molecule has 0 bridgehead atoms. The van der Waals surface area contributed by atoms with Crippen molar-refractivity contribution < 1.29 is 0 Å². The largest absolute Gasteiger partial charge is 0.369 e. The van der Waals surface area contributed by atoms with Crippen LogP contribution in [0, 0.1) is 29.6 Å². The molecule has 0 saturated heterocycles. The second-order valence-electron chi connectivity index (χ2n) is 3.42. The standard InChI is InChI=1S/C11H11N5/c1-8-9(5-12)4-10(6-13)11(15-8)14-7-16(2)3/h4,7H,1-3H3/b14-7-. The van der Waals surface area contributed by atoms with Gasteiger partial charge in [-0.25, -0.2) is 9.98 Å². The Bertz CT molecular complexity index is 502. The predicted octanol–water partition coefficient (Wildman–Crippen LogP) is 1.35. The Morgan fingerprint density at radius 3 is 2.44 bits per heavy atom. The van der Waals surface area contributed by atoms with Gasteiger partial charge in [-0.3, -0.25) is 0 Å². The summed E-state index contributed by atoms with van der Waals surface area (Å²) < 4.78 is 0. The van der Waals surface area contributed by atoms with Gasteiger partial charge < -0.3 is 4.90 Å². The highest BCUT2D eigenvalue weighted by molar-refractivity contribution is 5.63. The Hall–Kier alpha value is -2.40. The third-order valence-corrected chi connectivity index (χ3v) is 1.84. The Balaban J connectivity index is 3.26. The van der Waals surface area contributed by atoms with Crippen LogP contribution in [0.1, 0.15) is 16.8 Å². The second kappa shape index (κ2) is 4.90. The van der Waals surface area contributed by atoms with E-state index in [0.717, 1.165) is 0 Å². The molecule has 5 nitrogen and oxygen atoms in total. The molecule has 0 saturated carbocycles. The lowest BCUT2D eigenvalue weighted by molar-refractivity contribution is 0.643. The van der Waals surface area contributed by atoms with Gasteiger partial charge in [-0.15, -0.1) is 0 Å². The number of nitrogens with zero attached hydrogens (tertiary/aromatic N) is 5. The van der Waals surface area contributed by atoms with Gasteiger partial charge in [-0.05, 0) is 13.0 Å². The van der Waals surface area contributed by atoms with Gasteiger partial charge in [0.25, 0.3) is 0 Å². The zero-order valence-corrected chi connectivity index (χ0v) is 9.39. The van der Waals surface area contributed by atoms with E-state index < -0.39 is 0 Å². The van der Waals surface area contributed by atoms with Crippen LogP contribution in [-0.4, -0.2) is 30.3 Å². The Morgan fingerprint density at radius 2 is 1.94 bits per heavy atom. The summed E-state index contributed by atoms with van der Waals surface area (Å²) in [6, 6.07) is 5.47. The number of aromatic nitrogens is 1. The third kappa shape index (κ3) is 2.55. The van der Waals surface area contributed by atoms with Crippen LogP contribution in [0.15, 0.2) is 11.1 Å². The minimum absolute atomic E-state index is 0.306. The van der Waals surface area contributed by atoms with E-state index in [2.05, 4.69) is 9.98 Å². The Kier molecular flexibility index (Phi) is 3.58. The van der Waals surface area contributed by atoms with Gasteiger partial charge in [0, 0.05) is 14.1 Å². The molecule has 16 heavy (non-hydrogen) atoms. The number of nitriles is 2. The maximum Gasteiger partial charge on any atom is 0.171 e. The van der Waals surface area contributed by atoms with Crippen molar-refractivity contribution in [1.29, 1.82) is 10.5 Å². The number of aryl methyl sites for hydroxylation is 1. The molecule has 1 aromatic heterocycles. The van der Waals surface area contributed by atoms with Crippen molar-refractivity contribution in [2.24, 2.45) is 4.99 Å². The summed E-state index contributed by atoms with van der Waals surface area (Å²) in [5, 5.41) is 17.7.